The Balaban J connectivity index is 0.839. The van der Waals surface area contributed by atoms with Crippen molar-refractivity contribution in [1.29, 1.82) is 0 Å². The molecule has 0 aliphatic carbocycles. The van der Waals surface area contributed by atoms with Gasteiger partial charge in [-0.05, 0) is 183 Å². The Morgan fingerprint density at radius 1 is 0.0952 bits per heavy atom. The van der Waals surface area contributed by atoms with Crippen LogP contribution in [0.25, 0.3) is 165 Å². The molecule has 0 bridgehead atoms. The van der Waals surface area contributed by atoms with E-state index in [0.29, 0.717) is 0 Å². The van der Waals surface area contributed by atoms with E-state index in [-0.39, 0.29) is 0 Å². The van der Waals surface area contributed by atoms with Crippen LogP contribution in [0, 0.1) is 0 Å². The van der Waals surface area contributed by atoms with Crippen molar-refractivity contribution in [2.24, 2.45) is 0 Å². The van der Waals surface area contributed by atoms with Gasteiger partial charge in [0.2, 0.25) is 0 Å². The summed E-state index contributed by atoms with van der Waals surface area (Å²) in [5.74, 6) is 0. The van der Waals surface area contributed by atoms with E-state index in [1.54, 1.807) is 0 Å². The van der Waals surface area contributed by atoms with Crippen LogP contribution in [0.5, 0.6) is 0 Å². The smallest absolute Gasteiger partial charge is 0.00264 e. The van der Waals surface area contributed by atoms with Crippen molar-refractivity contribution in [3.05, 3.63) is 328 Å². The highest BCUT2D eigenvalue weighted by Gasteiger charge is 2.21. The van der Waals surface area contributed by atoms with Gasteiger partial charge in [-0.15, -0.1) is 0 Å². The molecule has 0 fully saturated rings. The van der Waals surface area contributed by atoms with Gasteiger partial charge in [0.25, 0.3) is 0 Å². The lowest BCUT2D eigenvalue weighted by molar-refractivity contribution is 1.56. The molecule has 0 N–H and O–H groups in total. The molecule has 0 aliphatic rings. The molecule has 16 rings (SSSR count). The third-order valence-electron chi connectivity index (χ3n) is 17.4. The molecule has 0 aliphatic heterocycles. The van der Waals surface area contributed by atoms with Crippen molar-refractivity contribution in [2.75, 3.05) is 0 Å². The molecule has 0 spiro atoms. The standard InChI is InChI=1S/C84H54/c1-4-22-58(23-5-1)79-67-28-10-16-34-73(67)82(74-35-17-11-29-68(74)79)61-46-40-55(41-47-61)64-52-65(56-42-48-62(49-43-56)83-75-36-18-12-30-69(75)80(59-24-6-2-7-25-59)70-31-13-19-37-76(70)83)54-66(53-64)57-44-50-63(51-45-57)84-77-38-20-14-32-71(77)81(60-26-8-3-9-27-60)72-33-15-21-39-78(72)84/h1-54H. The minimum Gasteiger partial charge on any atom is -0.0622 e. The highest BCUT2D eigenvalue weighted by Crippen LogP contribution is 2.48. The summed E-state index contributed by atoms with van der Waals surface area (Å²) < 4.78 is 0. The summed E-state index contributed by atoms with van der Waals surface area (Å²) in [5, 5.41) is 15.0. The molecule has 84 heavy (non-hydrogen) atoms. The van der Waals surface area contributed by atoms with Crippen molar-refractivity contribution in [2.45, 2.75) is 0 Å². The predicted molar refractivity (Wildman–Crippen MR) is 360 cm³/mol. The molecule has 0 saturated heterocycles. The lowest BCUT2D eigenvalue weighted by Crippen LogP contribution is -1.92. The average Bonchev–Trinajstić information content (AvgIpc) is 1.76. The molecular weight excluding hydrogens is 1010 g/mol. The van der Waals surface area contributed by atoms with Crippen molar-refractivity contribution in [3.8, 4) is 100 Å². The van der Waals surface area contributed by atoms with Crippen LogP contribution in [0.15, 0.2) is 328 Å². The van der Waals surface area contributed by atoms with Crippen molar-refractivity contribution >= 4 is 64.6 Å². The molecule has 0 amide bonds. The zero-order valence-corrected chi connectivity index (χ0v) is 46.2. The first-order valence-electron chi connectivity index (χ1n) is 29.1. The summed E-state index contributed by atoms with van der Waals surface area (Å²) in [6.45, 7) is 0. The maximum atomic E-state index is 2.38. The second-order valence-corrected chi connectivity index (χ2v) is 22.2. The van der Waals surface area contributed by atoms with Gasteiger partial charge < -0.3 is 0 Å². The van der Waals surface area contributed by atoms with Gasteiger partial charge in [0.1, 0.15) is 0 Å². The number of rotatable bonds is 9. The number of hydrogen-bond donors (Lipinski definition) is 0. The topological polar surface area (TPSA) is 0 Å². The largest absolute Gasteiger partial charge is 0.0622 e. The molecule has 0 radical (unpaired) electrons. The quantitative estimate of drug-likeness (QED) is 0.126. The highest BCUT2D eigenvalue weighted by molar-refractivity contribution is 6.24. The maximum absolute atomic E-state index is 2.38. The van der Waals surface area contributed by atoms with Crippen LogP contribution < -0.4 is 0 Å². The Kier molecular flexibility index (Phi) is 12.0. The van der Waals surface area contributed by atoms with E-state index in [2.05, 4.69) is 328 Å². The van der Waals surface area contributed by atoms with E-state index >= 15 is 0 Å². The Morgan fingerprint density at radius 2 is 0.226 bits per heavy atom. The average molecular weight is 1060 g/mol. The second-order valence-electron chi connectivity index (χ2n) is 22.2. The minimum absolute atomic E-state index is 1.16. The SMILES string of the molecule is c1ccc(-c2c3ccccc3c(-c3ccc(-c4cc(-c5ccc(-c6c7ccccc7c(-c7ccccc7)c7ccccc67)cc5)cc(-c5ccc(-c6c7ccccc7c(-c7ccccc7)c7ccccc67)cc5)c4)cc3)c3ccccc23)cc1. The summed E-state index contributed by atoms with van der Waals surface area (Å²) >= 11 is 0. The summed E-state index contributed by atoms with van der Waals surface area (Å²) in [6, 6.07) is 121. The third-order valence-corrected chi connectivity index (χ3v) is 17.4. The van der Waals surface area contributed by atoms with Gasteiger partial charge in [0, 0.05) is 0 Å². The van der Waals surface area contributed by atoms with Gasteiger partial charge in [0.15, 0.2) is 0 Å². The van der Waals surface area contributed by atoms with Crippen LogP contribution in [-0.4, -0.2) is 0 Å². The summed E-state index contributed by atoms with van der Waals surface area (Å²) in [7, 11) is 0. The zero-order valence-electron chi connectivity index (χ0n) is 46.2. The van der Waals surface area contributed by atoms with Crippen LogP contribution in [0.3, 0.4) is 0 Å². The van der Waals surface area contributed by atoms with Crippen LogP contribution >= 0.6 is 0 Å². The van der Waals surface area contributed by atoms with Gasteiger partial charge in [-0.3, -0.25) is 0 Å². The fourth-order valence-electron chi connectivity index (χ4n) is 13.7. The minimum atomic E-state index is 1.16. The van der Waals surface area contributed by atoms with Crippen molar-refractivity contribution < 1.29 is 0 Å². The summed E-state index contributed by atoms with van der Waals surface area (Å²) in [6.07, 6.45) is 0. The Morgan fingerprint density at radius 3 is 0.393 bits per heavy atom. The van der Waals surface area contributed by atoms with E-state index in [4.69, 9.17) is 0 Å². The van der Waals surface area contributed by atoms with Crippen LogP contribution in [0.2, 0.25) is 0 Å². The van der Waals surface area contributed by atoms with Gasteiger partial charge in [0.05, 0.1) is 0 Å². The number of hydrogen-bond acceptors (Lipinski definition) is 0. The molecule has 0 heteroatoms. The normalized spacial score (nSPS) is 11.6. The van der Waals surface area contributed by atoms with E-state index in [1.807, 2.05) is 0 Å². The Labute approximate surface area is 489 Å². The molecule has 0 aromatic heterocycles. The lowest BCUT2D eigenvalue weighted by atomic mass is 9.85. The van der Waals surface area contributed by atoms with Gasteiger partial charge >= 0.3 is 0 Å². The first-order valence-corrected chi connectivity index (χ1v) is 29.1. The summed E-state index contributed by atoms with van der Waals surface area (Å²) in [5.41, 5.74) is 21.9. The van der Waals surface area contributed by atoms with Crippen molar-refractivity contribution in [3.63, 3.8) is 0 Å². The Bertz CT molecular complexity index is 4470. The first-order chi connectivity index (χ1) is 41.7. The molecule has 0 saturated carbocycles. The molecule has 0 unspecified atom stereocenters. The summed E-state index contributed by atoms with van der Waals surface area (Å²) in [4.78, 5) is 0. The number of benzene rings is 16. The monoisotopic (exact) mass is 1060 g/mol. The van der Waals surface area contributed by atoms with E-state index in [9.17, 15) is 0 Å². The molecule has 0 nitrogen and oxygen atoms in total. The van der Waals surface area contributed by atoms with Crippen LogP contribution in [0.4, 0.5) is 0 Å². The number of fused-ring (bicyclic) bond motifs is 6. The lowest BCUT2D eigenvalue weighted by Gasteiger charge is -2.18. The third kappa shape index (κ3) is 8.30. The van der Waals surface area contributed by atoms with E-state index in [0.717, 1.165) is 16.7 Å². The zero-order chi connectivity index (χ0) is 55.5. The van der Waals surface area contributed by atoms with Gasteiger partial charge in [-0.1, -0.05) is 309 Å². The van der Waals surface area contributed by atoms with Crippen molar-refractivity contribution in [1.82, 2.24) is 0 Å². The fraction of sp³-hybridized carbons (Fsp3) is 0. The van der Waals surface area contributed by atoms with Gasteiger partial charge in [-0.25, -0.2) is 0 Å². The Hall–Kier alpha value is -10.9. The van der Waals surface area contributed by atoms with Crippen LogP contribution in [0.1, 0.15) is 0 Å². The molecular formula is C84H54. The van der Waals surface area contributed by atoms with E-state index < -0.39 is 0 Å². The molecule has 0 atom stereocenters. The first kappa shape index (κ1) is 48.9. The predicted octanol–water partition coefficient (Wildman–Crippen LogP) is 23.6. The molecule has 16 aromatic rings. The van der Waals surface area contributed by atoms with Crippen LogP contribution in [-0.2, 0) is 0 Å². The molecule has 390 valence electrons. The highest BCUT2D eigenvalue weighted by atomic mass is 14.2. The molecule has 16 aromatic carbocycles. The maximum Gasteiger partial charge on any atom is -0.00264 e. The van der Waals surface area contributed by atoms with E-state index in [1.165, 1.54) is 148 Å². The fourth-order valence-corrected chi connectivity index (χ4v) is 13.7. The molecule has 0 heterocycles. The second kappa shape index (κ2) is 20.6. The van der Waals surface area contributed by atoms with Gasteiger partial charge in [-0.2, -0.15) is 0 Å².